The van der Waals surface area contributed by atoms with E-state index < -0.39 is 0 Å². The van der Waals surface area contributed by atoms with Gasteiger partial charge in [0.25, 0.3) is 0 Å². The van der Waals surface area contributed by atoms with E-state index in [-0.39, 0.29) is 5.41 Å². The van der Waals surface area contributed by atoms with Gasteiger partial charge in [-0.2, -0.15) is 0 Å². The van der Waals surface area contributed by atoms with Crippen LogP contribution < -0.4 is 4.74 Å². The number of aryl methyl sites for hydroxylation is 1. The molecule has 1 N–H and O–H groups in total. The second-order valence-corrected chi connectivity index (χ2v) is 5.52. The number of phenolic OH excluding ortho intramolecular Hbond substituents is 1. The Labute approximate surface area is 127 Å². The van der Waals surface area contributed by atoms with E-state index >= 15 is 0 Å². The van der Waals surface area contributed by atoms with Crippen LogP contribution in [0.4, 0.5) is 0 Å². The van der Waals surface area contributed by atoms with Crippen molar-refractivity contribution in [2.24, 2.45) is 0 Å². The van der Waals surface area contributed by atoms with E-state index in [1.165, 1.54) is 11.1 Å². The average molecular weight is 284 g/mol. The number of aromatic hydroxyl groups is 1. The minimum absolute atomic E-state index is 0.0231. The molecule has 2 aromatic rings. The lowest BCUT2D eigenvalue weighted by Gasteiger charge is -2.33. The van der Waals surface area contributed by atoms with Crippen LogP contribution in [0.3, 0.4) is 0 Å². The van der Waals surface area contributed by atoms with Crippen molar-refractivity contribution in [2.75, 3.05) is 7.11 Å². The largest absolute Gasteiger partial charge is 0.508 e. The van der Waals surface area contributed by atoms with Crippen LogP contribution in [0.1, 0.15) is 43.4 Å². The molecule has 0 bridgehead atoms. The van der Waals surface area contributed by atoms with Gasteiger partial charge in [-0.1, -0.05) is 38.1 Å². The second-order valence-electron chi connectivity index (χ2n) is 5.52. The lowest BCUT2D eigenvalue weighted by atomic mass is 9.70. The molecular weight excluding hydrogens is 260 g/mol. The summed E-state index contributed by atoms with van der Waals surface area (Å²) in [4.78, 5) is 0. The maximum absolute atomic E-state index is 9.78. The molecular formula is C19H24O2. The van der Waals surface area contributed by atoms with Gasteiger partial charge >= 0.3 is 0 Å². The fourth-order valence-corrected chi connectivity index (χ4v) is 3.10. The maximum atomic E-state index is 9.78. The molecule has 0 aliphatic rings. The molecule has 2 aromatic carbocycles. The summed E-state index contributed by atoms with van der Waals surface area (Å²) in [6, 6.07) is 14.3. The summed E-state index contributed by atoms with van der Waals surface area (Å²) < 4.78 is 5.26. The number of phenols is 1. The van der Waals surface area contributed by atoms with Gasteiger partial charge in [-0.3, -0.25) is 0 Å². The average Bonchev–Trinajstić information content (AvgIpc) is 2.53. The van der Waals surface area contributed by atoms with Gasteiger partial charge in [-0.15, -0.1) is 0 Å². The predicted molar refractivity (Wildman–Crippen MR) is 87.2 cm³/mol. The number of hydrogen-bond acceptors (Lipinski definition) is 2. The Balaban J connectivity index is 2.54. The molecule has 0 atom stereocenters. The van der Waals surface area contributed by atoms with Gasteiger partial charge in [0, 0.05) is 5.41 Å². The molecule has 0 heterocycles. The Kier molecular flexibility index (Phi) is 4.56. The molecule has 0 radical (unpaired) electrons. The molecule has 0 aliphatic heterocycles. The summed E-state index contributed by atoms with van der Waals surface area (Å²) in [6.07, 6.45) is 2.03. The third kappa shape index (κ3) is 2.76. The number of methoxy groups -OCH3 is 1. The molecule has 0 spiro atoms. The number of rotatable bonds is 5. The molecule has 21 heavy (non-hydrogen) atoms. The Morgan fingerprint density at radius 1 is 0.952 bits per heavy atom. The molecule has 0 fully saturated rings. The highest BCUT2D eigenvalue weighted by molar-refractivity contribution is 5.45. The SMILES string of the molecule is CCC(CC)(c1ccc(OC)cc1)c1ccc(O)c(C)c1. The van der Waals surface area contributed by atoms with E-state index in [1.807, 2.05) is 25.1 Å². The normalized spacial score (nSPS) is 11.4. The van der Waals surface area contributed by atoms with Crippen LogP contribution in [-0.2, 0) is 5.41 Å². The van der Waals surface area contributed by atoms with Gasteiger partial charge in [-0.05, 0) is 54.7 Å². The number of hydrogen-bond donors (Lipinski definition) is 1. The highest BCUT2D eigenvalue weighted by atomic mass is 16.5. The van der Waals surface area contributed by atoms with Crippen LogP contribution in [0, 0.1) is 6.92 Å². The van der Waals surface area contributed by atoms with Gasteiger partial charge in [0.05, 0.1) is 7.11 Å². The second kappa shape index (κ2) is 6.21. The first-order chi connectivity index (χ1) is 10.1. The van der Waals surface area contributed by atoms with Crippen molar-refractivity contribution in [3.8, 4) is 11.5 Å². The zero-order valence-electron chi connectivity index (χ0n) is 13.3. The number of ether oxygens (including phenoxy) is 1. The van der Waals surface area contributed by atoms with Crippen molar-refractivity contribution in [2.45, 2.75) is 39.0 Å². The van der Waals surface area contributed by atoms with Gasteiger partial charge < -0.3 is 9.84 Å². The van der Waals surface area contributed by atoms with Gasteiger partial charge in [-0.25, -0.2) is 0 Å². The molecule has 2 nitrogen and oxygen atoms in total. The lowest BCUT2D eigenvalue weighted by molar-refractivity contribution is 0.413. The highest BCUT2D eigenvalue weighted by Crippen LogP contribution is 2.40. The minimum atomic E-state index is -0.0231. The van der Waals surface area contributed by atoms with Crippen LogP contribution in [0.25, 0.3) is 0 Å². The summed E-state index contributed by atoms with van der Waals surface area (Å²) in [5, 5.41) is 9.78. The third-order valence-electron chi connectivity index (χ3n) is 4.60. The Hall–Kier alpha value is -1.96. The number of benzene rings is 2. The monoisotopic (exact) mass is 284 g/mol. The van der Waals surface area contributed by atoms with Crippen molar-refractivity contribution in [1.29, 1.82) is 0 Å². The molecule has 0 unspecified atom stereocenters. The molecule has 0 saturated heterocycles. The summed E-state index contributed by atoms with van der Waals surface area (Å²) >= 11 is 0. The van der Waals surface area contributed by atoms with Crippen molar-refractivity contribution < 1.29 is 9.84 Å². The molecule has 2 rings (SSSR count). The van der Waals surface area contributed by atoms with Crippen LogP contribution in [0.15, 0.2) is 42.5 Å². The first-order valence-corrected chi connectivity index (χ1v) is 7.52. The van der Waals surface area contributed by atoms with Crippen molar-refractivity contribution in [3.63, 3.8) is 0 Å². The van der Waals surface area contributed by atoms with Crippen molar-refractivity contribution in [1.82, 2.24) is 0 Å². The van der Waals surface area contributed by atoms with E-state index in [0.29, 0.717) is 5.75 Å². The topological polar surface area (TPSA) is 29.5 Å². The predicted octanol–water partition coefficient (Wildman–Crippen LogP) is 4.82. The van der Waals surface area contributed by atoms with E-state index in [1.54, 1.807) is 13.2 Å². The van der Waals surface area contributed by atoms with Crippen LogP contribution in [-0.4, -0.2) is 12.2 Å². The molecule has 112 valence electrons. The van der Waals surface area contributed by atoms with Gasteiger partial charge in [0.1, 0.15) is 11.5 Å². The van der Waals surface area contributed by atoms with Gasteiger partial charge in [0.2, 0.25) is 0 Å². The quantitative estimate of drug-likeness (QED) is 0.853. The Morgan fingerprint density at radius 3 is 2.00 bits per heavy atom. The third-order valence-corrected chi connectivity index (χ3v) is 4.60. The van der Waals surface area contributed by atoms with Crippen LogP contribution in [0.5, 0.6) is 11.5 Å². The molecule has 0 saturated carbocycles. The van der Waals surface area contributed by atoms with Gasteiger partial charge in [0.15, 0.2) is 0 Å². The minimum Gasteiger partial charge on any atom is -0.508 e. The highest BCUT2D eigenvalue weighted by Gasteiger charge is 2.30. The molecule has 0 aromatic heterocycles. The van der Waals surface area contributed by atoms with E-state index in [0.717, 1.165) is 24.2 Å². The molecule has 2 heteroatoms. The summed E-state index contributed by atoms with van der Waals surface area (Å²) in [5.74, 6) is 1.23. The van der Waals surface area contributed by atoms with Crippen LogP contribution >= 0.6 is 0 Å². The van der Waals surface area contributed by atoms with E-state index in [4.69, 9.17) is 4.74 Å². The zero-order chi connectivity index (χ0) is 15.5. The summed E-state index contributed by atoms with van der Waals surface area (Å²) in [5.41, 5.74) is 3.45. The summed E-state index contributed by atoms with van der Waals surface area (Å²) in [6.45, 7) is 6.38. The molecule has 0 amide bonds. The fourth-order valence-electron chi connectivity index (χ4n) is 3.10. The molecule has 0 aliphatic carbocycles. The first-order valence-electron chi connectivity index (χ1n) is 7.52. The Bertz CT molecular complexity index is 595. The van der Waals surface area contributed by atoms with Crippen molar-refractivity contribution >= 4 is 0 Å². The van der Waals surface area contributed by atoms with E-state index in [9.17, 15) is 5.11 Å². The maximum Gasteiger partial charge on any atom is 0.118 e. The first kappa shape index (κ1) is 15.4. The fraction of sp³-hybridized carbons (Fsp3) is 0.368. The van der Waals surface area contributed by atoms with Crippen LogP contribution in [0.2, 0.25) is 0 Å². The standard InChI is InChI=1S/C19H24O2/c1-5-19(6-2,15-7-10-17(21-4)11-8-15)16-9-12-18(20)14(3)13-16/h7-13,20H,5-6H2,1-4H3. The smallest absolute Gasteiger partial charge is 0.118 e. The van der Waals surface area contributed by atoms with E-state index in [2.05, 4.69) is 32.0 Å². The lowest BCUT2D eigenvalue weighted by Crippen LogP contribution is -2.26. The Morgan fingerprint density at radius 2 is 1.52 bits per heavy atom. The zero-order valence-corrected chi connectivity index (χ0v) is 13.3. The summed E-state index contributed by atoms with van der Waals surface area (Å²) in [7, 11) is 1.69. The van der Waals surface area contributed by atoms with Crippen molar-refractivity contribution in [3.05, 3.63) is 59.2 Å².